The largest absolute Gasteiger partial charge is 0.334 e. The third-order valence-corrected chi connectivity index (χ3v) is 4.74. The van der Waals surface area contributed by atoms with Crippen LogP contribution in [0.5, 0.6) is 0 Å². The molecule has 126 valence electrons. The fourth-order valence-electron chi connectivity index (χ4n) is 3.61. The van der Waals surface area contributed by atoms with Gasteiger partial charge in [-0.15, -0.1) is 0 Å². The summed E-state index contributed by atoms with van der Waals surface area (Å²) in [6.45, 7) is 8.33. The monoisotopic (exact) mass is 313 g/mol. The summed E-state index contributed by atoms with van der Waals surface area (Å²) < 4.78 is 0. The van der Waals surface area contributed by atoms with E-state index in [0.717, 1.165) is 11.1 Å². The highest BCUT2D eigenvalue weighted by molar-refractivity contribution is 5.98. The van der Waals surface area contributed by atoms with Crippen molar-refractivity contribution >= 4 is 12.0 Å². The second kappa shape index (κ2) is 8.33. The summed E-state index contributed by atoms with van der Waals surface area (Å²) in [5.74, 6) is 0.817. The smallest absolute Gasteiger partial charge is 0.254 e. The first-order valence-electron chi connectivity index (χ1n) is 9.10. The minimum Gasteiger partial charge on any atom is -0.334 e. The van der Waals surface area contributed by atoms with Crippen molar-refractivity contribution in [3.63, 3.8) is 0 Å². The van der Waals surface area contributed by atoms with Gasteiger partial charge in [-0.1, -0.05) is 49.6 Å². The SMILES string of the molecule is CC(C)N(C(=O)c1ccccc1/C=C/C1CCCCC1)C(C)C. The van der Waals surface area contributed by atoms with E-state index in [0.29, 0.717) is 5.92 Å². The summed E-state index contributed by atoms with van der Waals surface area (Å²) in [5.41, 5.74) is 1.87. The van der Waals surface area contributed by atoms with Gasteiger partial charge >= 0.3 is 0 Å². The van der Waals surface area contributed by atoms with Gasteiger partial charge in [0, 0.05) is 17.6 Å². The van der Waals surface area contributed by atoms with Crippen LogP contribution >= 0.6 is 0 Å². The average molecular weight is 313 g/mol. The molecule has 0 saturated heterocycles. The Morgan fingerprint density at radius 1 is 1.04 bits per heavy atom. The van der Waals surface area contributed by atoms with Crippen LogP contribution in [-0.4, -0.2) is 22.9 Å². The summed E-state index contributed by atoms with van der Waals surface area (Å²) in [6, 6.07) is 8.42. The molecular weight excluding hydrogens is 282 g/mol. The fourth-order valence-corrected chi connectivity index (χ4v) is 3.61. The molecule has 1 aliphatic carbocycles. The van der Waals surface area contributed by atoms with Crippen LogP contribution in [0.25, 0.3) is 6.08 Å². The maximum absolute atomic E-state index is 13.0. The number of carbonyl (C=O) groups is 1. The minimum atomic E-state index is 0.138. The first-order chi connectivity index (χ1) is 11.0. The van der Waals surface area contributed by atoms with Crippen molar-refractivity contribution in [3.8, 4) is 0 Å². The molecule has 0 spiro atoms. The Bertz CT molecular complexity index is 531. The second-order valence-corrected chi connectivity index (χ2v) is 7.24. The van der Waals surface area contributed by atoms with Gasteiger partial charge in [-0.2, -0.15) is 0 Å². The molecule has 1 fully saturated rings. The van der Waals surface area contributed by atoms with Crippen molar-refractivity contribution < 1.29 is 4.79 Å². The second-order valence-electron chi connectivity index (χ2n) is 7.24. The summed E-state index contributed by atoms with van der Waals surface area (Å²) in [5, 5.41) is 0. The number of amides is 1. The zero-order valence-electron chi connectivity index (χ0n) is 15.1. The zero-order valence-corrected chi connectivity index (χ0v) is 15.1. The molecule has 2 heteroatoms. The van der Waals surface area contributed by atoms with Crippen LogP contribution in [0.4, 0.5) is 0 Å². The number of hydrogen-bond donors (Lipinski definition) is 0. The molecule has 0 heterocycles. The van der Waals surface area contributed by atoms with E-state index in [2.05, 4.69) is 45.9 Å². The molecule has 23 heavy (non-hydrogen) atoms. The molecule has 0 aliphatic heterocycles. The molecule has 0 unspecified atom stereocenters. The Labute approximate surface area is 141 Å². The number of rotatable bonds is 5. The molecule has 1 amide bonds. The third-order valence-electron chi connectivity index (χ3n) is 4.74. The van der Waals surface area contributed by atoms with Gasteiger partial charge in [-0.05, 0) is 58.1 Å². The molecule has 1 saturated carbocycles. The molecule has 0 radical (unpaired) electrons. The molecule has 2 nitrogen and oxygen atoms in total. The van der Waals surface area contributed by atoms with Crippen LogP contribution in [0, 0.1) is 5.92 Å². The standard InChI is InChI=1S/C21H31NO/c1-16(2)22(17(3)4)21(23)20-13-9-8-12-19(20)15-14-18-10-6-5-7-11-18/h8-9,12-18H,5-7,10-11H2,1-4H3/b15-14+. The van der Waals surface area contributed by atoms with E-state index in [4.69, 9.17) is 0 Å². The molecule has 0 atom stereocenters. The van der Waals surface area contributed by atoms with E-state index in [1.54, 1.807) is 0 Å². The lowest BCUT2D eigenvalue weighted by Gasteiger charge is -2.31. The third kappa shape index (κ3) is 4.70. The van der Waals surface area contributed by atoms with Crippen molar-refractivity contribution in [3.05, 3.63) is 41.5 Å². The van der Waals surface area contributed by atoms with Gasteiger partial charge in [0.05, 0.1) is 0 Å². The highest BCUT2D eigenvalue weighted by atomic mass is 16.2. The van der Waals surface area contributed by atoms with Gasteiger partial charge in [-0.3, -0.25) is 4.79 Å². The predicted octanol–water partition coefficient (Wildman–Crippen LogP) is 5.54. The Morgan fingerprint density at radius 3 is 2.26 bits per heavy atom. The average Bonchev–Trinajstić information content (AvgIpc) is 2.53. The Hall–Kier alpha value is -1.57. The van der Waals surface area contributed by atoms with Crippen LogP contribution in [-0.2, 0) is 0 Å². The quantitative estimate of drug-likeness (QED) is 0.699. The van der Waals surface area contributed by atoms with Crippen molar-refractivity contribution in [2.75, 3.05) is 0 Å². The minimum absolute atomic E-state index is 0.138. The highest BCUT2D eigenvalue weighted by Crippen LogP contribution is 2.26. The van der Waals surface area contributed by atoms with Gasteiger partial charge in [0.2, 0.25) is 0 Å². The van der Waals surface area contributed by atoms with Gasteiger partial charge < -0.3 is 4.90 Å². The van der Waals surface area contributed by atoms with Crippen LogP contribution in [0.1, 0.15) is 75.7 Å². The summed E-state index contributed by atoms with van der Waals surface area (Å²) in [4.78, 5) is 15.0. The van der Waals surface area contributed by atoms with Gasteiger partial charge in [-0.25, -0.2) is 0 Å². The van der Waals surface area contributed by atoms with Gasteiger partial charge in [0.25, 0.3) is 5.91 Å². The molecular formula is C21H31NO. The van der Waals surface area contributed by atoms with Crippen molar-refractivity contribution in [1.82, 2.24) is 4.90 Å². The van der Waals surface area contributed by atoms with E-state index in [9.17, 15) is 4.79 Å². The van der Waals surface area contributed by atoms with Crippen LogP contribution < -0.4 is 0 Å². The molecule has 0 N–H and O–H groups in total. The number of nitrogens with zero attached hydrogens (tertiary/aromatic N) is 1. The van der Waals surface area contributed by atoms with E-state index in [1.807, 2.05) is 23.1 Å². The summed E-state index contributed by atoms with van der Waals surface area (Å²) in [6.07, 6.45) is 11.1. The van der Waals surface area contributed by atoms with Crippen molar-refractivity contribution in [2.24, 2.45) is 5.92 Å². The summed E-state index contributed by atoms with van der Waals surface area (Å²) in [7, 11) is 0. The number of allylic oxidation sites excluding steroid dienone is 1. The Balaban J connectivity index is 2.22. The Morgan fingerprint density at radius 2 is 1.65 bits per heavy atom. The maximum atomic E-state index is 13.0. The lowest BCUT2D eigenvalue weighted by atomic mass is 9.88. The molecule has 1 aromatic carbocycles. The van der Waals surface area contributed by atoms with Crippen molar-refractivity contribution in [2.45, 2.75) is 71.9 Å². The van der Waals surface area contributed by atoms with Gasteiger partial charge in [0.1, 0.15) is 0 Å². The molecule has 0 aromatic heterocycles. The molecule has 1 aromatic rings. The molecule has 1 aliphatic rings. The van der Waals surface area contributed by atoms with Crippen LogP contribution in [0.2, 0.25) is 0 Å². The highest BCUT2D eigenvalue weighted by Gasteiger charge is 2.23. The Kier molecular flexibility index (Phi) is 6.44. The van der Waals surface area contributed by atoms with E-state index < -0.39 is 0 Å². The topological polar surface area (TPSA) is 20.3 Å². The normalized spacial score (nSPS) is 16.4. The first-order valence-corrected chi connectivity index (χ1v) is 9.10. The maximum Gasteiger partial charge on any atom is 0.254 e. The number of carbonyl (C=O) groups excluding carboxylic acids is 1. The number of benzene rings is 1. The number of hydrogen-bond acceptors (Lipinski definition) is 1. The van der Waals surface area contributed by atoms with Gasteiger partial charge in [0.15, 0.2) is 0 Å². The first kappa shape index (κ1) is 17.8. The molecule has 2 rings (SSSR count). The van der Waals surface area contributed by atoms with E-state index in [1.165, 1.54) is 32.1 Å². The fraction of sp³-hybridized carbons (Fsp3) is 0.571. The molecule has 0 bridgehead atoms. The predicted molar refractivity (Wildman–Crippen MR) is 98.5 cm³/mol. The lowest BCUT2D eigenvalue weighted by molar-refractivity contribution is 0.0643. The van der Waals surface area contributed by atoms with Crippen molar-refractivity contribution in [1.29, 1.82) is 0 Å². The van der Waals surface area contributed by atoms with E-state index >= 15 is 0 Å². The van der Waals surface area contributed by atoms with Crippen LogP contribution in [0.3, 0.4) is 0 Å². The van der Waals surface area contributed by atoms with E-state index in [-0.39, 0.29) is 18.0 Å². The summed E-state index contributed by atoms with van der Waals surface area (Å²) >= 11 is 0. The lowest BCUT2D eigenvalue weighted by Crippen LogP contribution is -2.42. The van der Waals surface area contributed by atoms with Crippen LogP contribution in [0.15, 0.2) is 30.3 Å². The zero-order chi connectivity index (χ0) is 16.8.